The Kier molecular flexibility index (Phi) is 3.27. The molecule has 0 aliphatic carbocycles. The molecule has 1 heterocycles. The zero-order valence-electron chi connectivity index (χ0n) is 10.2. The van der Waals surface area contributed by atoms with Crippen LogP contribution in [0.15, 0.2) is 24.5 Å². The van der Waals surface area contributed by atoms with Crippen molar-refractivity contribution in [2.24, 2.45) is 7.05 Å². The summed E-state index contributed by atoms with van der Waals surface area (Å²) in [6.45, 7) is 2.08. The zero-order valence-corrected chi connectivity index (χ0v) is 10.2. The van der Waals surface area contributed by atoms with Crippen molar-refractivity contribution < 1.29 is 9.90 Å². The molecule has 1 aromatic heterocycles. The number of rotatable bonds is 3. The van der Waals surface area contributed by atoms with Crippen LogP contribution in [-0.4, -0.2) is 25.8 Å². The predicted molar refractivity (Wildman–Crippen MR) is 65.0 cm³/mol. The zero-order chi connectivity index (χ0) is 13.1. The molecule has 0 unspecified atom stereocenters. The van der Waals surface area contributed by atoms with Gasteiger partial charge in [0, 0.05) is 7.05 Å². The highest BCUT2D eigenvalue weighted by Crippen LogP contribution is 2.18. The van der Waals surface area contributed by atoms with Crippen LogP contribution in [0.25, 0.3) is 0 Å². The van der Waals surface area contributed by atoms with Gasteiger partial charge in [0.15, 0.2) is 5.82 Å². The fourth-order valence-corrected chi connectivity index (χ4v) is 1.55. The van der Waals surface area contributed by atoms with Crippen LogP contribution in [0.1, 0.15) is 21.7 Å². The lowest BCUT2D eigenvalue weighted by atomic mass is 10.1. The van der Waals surface area contributed by atoms with Crippen LogP contribution in [0.5, 0.6) is 5.75 Å². The topological polar surface area (TPSA) is 80.0 Å². The molecule has 0 aliphatic heterocycles. The minimum atomic E-state index is -0.347. The summed E-state index contributed by atoms with van der Waals surface area (Å²) in [6.07, 6.45) is 1.56. The first-order valence-electron chi connectivity index (χ1n) is 5.48. The highest BCUT2D eigenvalue weighted by atomic mass is 16.3. The smallest absolute Gasteiger partial charge is 0.255 e. The maximum atomic E-state index is 11.8. The maximum absolute atomic E-state index is 11.8. The van der Waals surface area contributed by atoms with E-state index in [-0.39, 0.29) is 23.8 Å². The van der Waals surface area contributed by atoms with E-state index < -0.39 is 0 Å². The van der Waals surface area contributed by atoms with Crippen molar-refractivity contribution in [2.75, 3.05) is 0 Å². The number of hydrogen-bond donors (Lipinski definition) is 2. The monoisotopic (exact) mass is 246 g/mol. The number of hydrogen-bond acceptors (Lipinski definition) is 4. The van der Waals surface area contributed by atoms with Gasteiger partial charge in [-0.1, -0.05) is 6.07 Å². The maximum Gasteiger partial charge on any atom is 0.255 e. The molecule has 0 atom stereocenters. The molecule has 18 heavy (non-hydrogen) atoms. The standard InChI is InChI=1S/C12H14N4O2/c1-8-3-4-9(10(17)5-8)12(18)13-6-11-14-7-16(2)15-11/h3-5,7,17H,6H2,1-2H3,(H,13,18). The van der Waals surface area contributed by atoms with Gasteiger partial charge in [0.05, 0.1) is 12.1 Å². The van der Waals surface area contributed by atoms with Gasteiger partial charge in [-0.15, -0.1) is 0 Å². The second-order valence-corrected chi connectivity index (χ2v) is 4.04. The highest BCUT2D eigenvalue weighted by Gasteiger charge is 2.11. The Morgan fingerprint density at radius 3 is 2.89 bits per heavy atom. The van der Waals surface area contributed by atoms with Crippen LogP contribution >= 0.6 is 0 Å². The SMILES string of the molecule is Cc1ccc(C(=O)NCc2ncn(C)n2)c(O)c1. The van der Waals surface area contributed by atoms with E-state index in [1.165, 1.54) is 0 Å². The quantitative estimate of drug-likeness (QED) is 0.837. The van der Waals surface area contributed by atoms with E-state index in [4.69, 9.17) is 0 Å². The second-order valence-electron chi connectivity index (χ2n) is 4.04. The van der Waals surface area contributed by atoms with E-state index >= 15 is 0 Å². The van der Waals surface area contributed by atoms with Crippen LogP contribution in [0, 0.1) is 6.92 Å². The molecule has 2 N–H and O–H groups in total. The Morgan fingerprint density at radius 2 is 2.28 bits per heavy atom. The number of benzene rings is 1. The normalized spacial score (nSPS) is 10.3. The van der Waals surface area contributed by atoms with Crippen molar-refractivity contribution in [3.05, 3.63) is 41.5 Å². The lowest BCUT2D eigenvalue weighted by Gasteiger charge is -2.05. The molecule has 0 spiro atoms. The fraction of sp³-hybridized carbons (Fsp3) is 0.250. The van der Waals surface area contributed by atoms with Gasteiger partial charge in [-0.2, -0.15) is 5.10 Å². The molecular formula is C12H14N4O2. The number of phenols is 1. The summed E-state index contributed by atoms with van der Waals surface area (Å²) in [7, 11) is 1.75. The van der Waals surface area contributed by atoms with E-state index in [0.29, 0.717) is 5.82 Å². The van der Waals surface area contributed by atoms with Gasteiger partial charge in [0.2, 0.25) is 0 Å². The summed E-state index contributed by atoms with van der Waals surface area (Å²) in [4.78, 5) is 15.8. The third-order valence-corrected chi connectivity index (χ3v) is 2.45. The summed E-state index contributed by atoms with van der Waals surface area (Å²) in [5, 5.41) is 16.4. The summed E-state index contributed by atoms with van der Waals surface area (Å²) in [5.74, 6) is 0.152. The first-order chi connectivity index (χ1) is 8.56. The predicted octanol–water partition coefficient (Wildman–Crippen LogP) is 0.759. The Labute approximate surface area is 104 Å². The number of nitrogens with one attached hydrogen (secondary N) is 1. The number of aromatic hydroxyl groups is 1. The summed E-state index contributed by atoms with van der Waals surface area (Å²) in [6, 6.07) is 4.91. The molecule has 0 radical (unpaired) electrons. The van der Waals surface area contributed by atoms with Gasteiger partial charge in [-0.05, 0) is 24.6 Å². The lowest BCUT2D eigenvalue weighted by molar-refractivity contribution is 0.0947. The molecule has 94 valence electrons. The molecule has 0 bridgehead atoms. The van der Waals surface area contributed by atoms with E-state index in [0.717, 1.165) is 5.56 Å². The van der Waals surface area contributed by atoms with Crippen molar-refractivity contribution in [1.82, 2.24) is 20.1 Å². The largest absolute Gasteiger partial charge is 0.507 e. The first kappa shape index (κ1) is 12.1. The lowest BCUT2D eigenvalue weighted by Crippen LogP contribution is -2.23. The van der Waals surface area contributed by atoms with E-state index in [2.05, 4.69) is 15.4 Å². The van der Waals surface area contributed by atoms with Crippen LogP contribution in [0.3, 0.4) is 0 Å². The Balaban J connectivity index is 2.03. The molecule has 0 aliphatic rings. The minimum absolute atomic E-state index is 0.0264. The molecule has 2 rings (SSSR count). The van der Waals surface area contributed by atoms with E-state index in [1.807, 2.05) is 6.92 Å². The second kappa shape index (κ2) is 4.87. The van der Waals surface area contributed by atoms with Crippen molar-refractivity contribution in [2.45, 2.75) is 13.5 Å². The van der Waals surface area contributed by atoms with Crippen molar-refractivity contribution in [1.29, 1.82) is 0 Å². The number of aromatic nitrogens is 3. The average molecular weight is 246 g/mol. The summed E-state index contributed by atoms with van der Waals surface area (Å²) in [5.41, 5.74) is 1.15. The fourth-order valence-electron chi connectivity index (χ4n) is 1.55. The molecule has 0 saturated carbocycles. The molecule has 0 saturated heterocycles. The number of carbonyl (C=O) groups is 1. The number of nitrogens with zero attached hydrogens (tertiary/aromatic N) is 3. The minimum Gasteiger partial charge on any atom is -0.507 e. The highest BCUT2D eigenvalue weighted by molar-refractivity contribution is 5.96. The van der Waals surface area contributed by atoms with Crippen LogP contribution < -0.4 is 5.32 Å². The van der Waals surface area contributed by atoms with Gasteiger partial charge in [0.1, 0.15) is 12.1 Å². The Hall–Kier alpha value is -2.37. The van der Waals surface area contributed by atoms with Crippen molar-refractivity contribution >= 4 is 5.91 Å². The van der Waals surface area contributed by atoms with E-state index in [9.17, 15) is 9.90 Å². The van der Waals surface area contributed by atoms with E-state index in [1.54, 1.807) is 36.3 Å². The molecule has 1 amide bonds. The molecule has 6 heteroatoms. The summed E-state index contributed by atoms with van der Waals surface area (Å²) >= 11 is 0. The molecule has 6 nitrogen and oxygen atoms in total. The number of amides is 1. The molecule has 1 aromatic carbocycles. The summed E-state index contributed by atoms with van der Waals surface area (Å²) < 4.78 is 1.56. The number of phenolic OH excluding ortho intramolecular Hbond substituents is 1. The first-order valence-corrected chi connectivity index (χ1v) is 5.48. The number of aryl methyl sites for hydroxylation is 2. The van der Waals surface area contributed by atoms with Gasteiger partial charge < -0.3 is 10.4 Å². The number of carbonyl (C=O) groups excluding carboxylic acids is 1. The average Bonchev–Trinajstić information content (AvgIpc) is 2.72. The van der Waals surface area contributed by atoms with Crippen LogP contribution in [0.2, 0.25) is 0 Å². The van der Waals surface area contributed by atoms with Crippen molar-refractivity contribution in [3.63, 3.8) is 0 Å². The van der Waals surface area contributed by atoms with Gasteiger partial charge in [-0.3, -0.25) is 9.48 Å². The van der Waals surface area contributed by atoms with Crippen LogP contribution in [0.4, 0.5) is 0 Å². The Morgan fingerprint density at radius 1 is 1.50 bits per heavy atom. The molecule has 0 fully saturated rings. The van der Waals surface area contributed by atoms with Crippen molar-refractivity contribution in [3.8, 4) is 5.75 Å². The Bertz CT molecular complexity index is 577. The van der Waals surface area contributed by atoms with Gasteiger partial charge in [-0.25, -0.2) is 4.98 Å². The third kappa shape index (κ3) is 2.65. The van der Waals surface area contributed by atoms with Crippen LogP contribution in [-0.2, 0) is 13.6 Å². The van der Waals surface area contributed by atoms with Gasteiger partial charge >= 0.3 is 0 Å². The molecular weight excluding hydrogens is 232 g/mol. The third-order valence-electron chi connectivity index (χ3n) is 2.45. The molecule has 2 aromatic rings. The van der Waals surface area contributed by atoms with Gasteiger partial charge in [0.25, 0.3) is 5.91 Å².